The van der Waals surface area contributed by atoms with E-state index in [0.717, 1.165) is 24.3 Å². The Bertz CT molecular complexity index is 1380. The minimum atomic E-state index is -2.73. The molecular formula is C29H20O12. The van der Waals surface area contributed by atoms with Gasteiger partial charge in [0.2, 0.25) is 0 Å². The van der Waals surface area contributed by atoms with Crippen molar-refractivity contribution >= 4 is 23.9 Å². The molecule has 0 aliphatic rings. The van der Waals surface area contributed by atoms with Crippen LogP contribution in [0.4, 0.5) is 0 Å². The number of ether oxygens (including phenoxy) is 4. The summed E-state index contributed by atoms with van der Waals surface area (Å²) in [6.45, 7) is 0. The van der Waals surface area contributed by atoms with E-state index in [2.05, 4.69) is 0 Å². The van der Waals surface area contributed by atoms with Gasteiger partial charge in [0, 0.05) is 0 Å². The fourth-order valence-corrected chi connectivity index (χ4v) is 3.47. The predicted molar refractivity (Wildman–Crippen MR) is 139 cm³/mol. The van der Waals surface area contributed by atoms with Gasteiger partial charge in [-0.05, 0) is 72.8 Å². The molecule has 0 radical (unpaired) electrons. The fourth-order valence-electron chi connectivity index (χ4n) is 3.47. The Labute approximate surface area is 231 Å². The van der Waals surface area contributed by atoms with Crippen molar-refractivity contribution in [3.63, 3.8) is 0 Å². The van der Waals surface area contributed by atoms with Crippen molar-refractivity contribution in [3.8, 4) is 23.0 Å². The molecular weight excluding hydrogens is 540 g/mol. The van der Waals surface area contributed by atoms with E-state index in [1.54, 1.807) is 0 Å². The van der Waals surface area contributed by atoms with Gasteiger partial charge >= 0.3 is 30.0 Å². The van der Waals surface area contributed by atoms with Crippen LogP contribution in [0.2, 0.25) is 0 Å². The average Bonchev–Trinajstić information content (AvgIpc) is 2.93. The Morgan fingerprint density at radius 1 is 0.415 bits per heavy atom. The topological polar surface area (TPSA) is 186 Å². The lowest BCUT2D eigenvalue weighted by Crippen LogP contribution is -2.53. The monoisotopic (exact) mass is 560 g/mol. The molecule has 0 fully saturated rings. The number of carboxylic acid groups (broad SMARTS) is 4. The van der Waals surface area contributed by atoms with Crippen LogP contribution in [0.25, 0.3) is 0 Å². The van der Waals surface area contributed by atoms with Crippen molar-refractivity contribution in [1.29, 1.82) is 0 Å². The summed E-state index contributed by atoms with van der Waals surface area (Å²) >= 11 is 0. The number of aromatic carboxylic acids is 4. The molecule has 0 aliphatic carbocycles. The first-order valence-electron chi connectivity index (χ1n) is 11.6. The van der Waals surface area contributed by atoms with Crippen LogP contribution in [0.15, 0.2) is 97.1 Å². The zero-order chi connectivity index (χ0) is 29.6. The van der Waals surface area contributed by atoms with E-state index >= 15 is 0 Å². The number of benzene rings is 4. The molecule has 0 unspecified atom stereocenters. The molecule has 41 heavy (non-hydrogen) atoms. The molecule has 208 valence electrons. The first-order valence-corrected chi connectivity index (χ1v) is 11.6. The molecule has 4 aromatic carbocycles. The van der Waals surface area contributed by atoms with Gasteiger partial charge in [-0.3, -0.25) is 0 Å². The Balaban J connectivity index is 1.89. The van der Waals surface area contributed by atoms with Crippen molar-refractivity contribution in [1.82, 2.24) is 0 Å². The normalized spacial score (nSPS) is 10.7. The van der Waals surface area contributed by atoms with Crippen molar-refractivity contribution in [3.05, 3.63) is 119 Å². The van der Waals surface area contributed by atoms with E-state index in [1.807, 2.05) is 0 Å². The van der Waals surface area contributed by atoms with E-state index in [1.165, 1.54) is 72.8 Å². The highest BCUT2D eigenvalue weighted by atomic mass is 17.0. The molecule has 0 saturated carbocycles. The van der Waals surface area contributed by atoms with Crippen molar-refractivity contribution in [2.75, 3.05) is 0 Å². The second-order valence-corrected chi connectivity index (χ2v) is 8.24. The highest BCUT2D eigenvalue weighted by Crippen LogP contribution is 2.31. The van der Waals surface area contributed by atoms with Crippen molar-refractivity contribution < 1.29 is 58.6 Å². The van der Waals surface area contributed by atoms with Gasteiger partial charge in [-0.15, -0.1) is 0 Å². The molecule has 0 atom stereocenters. The summed E-state index contributed by atoms with van der Waals surface area (Å²) in [5.74, 6) is -5.71. The molecule has 0 heterocycles. The third-order valence-electron chi connectivity index (χ3n) is 5.30. The summed E-state index contributed by atoms with van der Waals surface area (Å²) in [7, 11) is 0. The van der Waals surface area contributed by atoms with Crippen LogP contribution < -0.4 is 18.9 Å². The van der Waals surface area contributed by atoms with E-state index in [-0.39, 0.29) is 45.3 Å². The second-order valence-electron chi connectivity index (χ2n) is 8.24. The van der Waals surface area contributed by atoms with Crippen molar-refractivity contribution in [2.24, 2.45) is 0 Å². The van der Waals surface area contributed by atoms with Gasteiger partial charge in [0.15, 0.2) is 0 Å². The number of carboxylic acids is 4. The largest absolute Gasteiger partial charge is 0.611 e. The quantitative estimate of drug-likeness (QED) is 0.175. The molecule has 4 N–H and O–H groups in total. The van der Waals surface area contributed by atoms with Crippen molar-refractivity contribution in [2.45, 2.75) is 6.16 Å². The average molecular weight is 560 g/mol. The second kappa shape index (κ2) is 11.8. The van der Waals surface area contributed by atoms with Crippen LogP contribution in [0.3, 0.4) is 0 Å². The lowest BCUT2D eigenvalue weighted by atomic mass is 10.2. The Hall–Kier alpha value is -6.04. The van der Waals surface area contributed by atoms with Crippen LogP contribution in [-0.4, -0.2) is 50.5 Å². The SMILES string of the molecule is O=C(O)c1cccc(OC(Oc2cccc(C(=O)O)c2)(Oc2cccc(C(=O)O)c2)Oc2cccc(C(=O)O)c2)c1. The number of carbonyl (C=O) groups is 4. The first-order chi connectivity index (χ1) is 19.5. The summed E-state index contributed by atoms with van der Waals surface area (Å²) in [5, 5.41) is 37.8. The zero-order valence-electron chi connectivity index (χ0n) is 20.8. The van der Waals surface area contributed by atoms with E-state index < -0.39 is 30.0 Å². The molecule has 4 aromatic rings. The van der Waals surface area contributed by atoms with Gasteiger partial charge in [0.25, 0.3) is 0 Å². The maximum atomic E-state index is 11.6. The standard InChI is InChI=1S/C29H20O12/c30-25(31)17-5-1-9-21(13-17)38-29(39-22-10-2-6-18(14-22)26(32)33,40-23-11-3-7-19(15-23)27(34)35)41-24-12-4-8-20(16-24)28(36)37/h1-16H,(H,30,31)(H,32,33)(H,34,35)(H,36,37). The Kier molecular flexibility index (Phi) is 8.04. The van der Waals surface area contributed by atoms with Gasteiger partial charge in [0.1, 0.15) is 23.0 Å². The molecule has 0 saturated heterocycles. The molecule has 0 bridgehead atoms. The summed E-state index contributed by atoms with van der Waals surface area (Å²) < 4.78 is 23.7. The number of hydrogen-bond donors (Lipinski definition) is 4. The van der Waals surface area contributed by atoms with Crippen LogP contribution in [0.5, 0.6) is 23.0 Å². The fraction of sp³-hybridized carbons (Fsp3) is 0.0345. The van der Waals surface area contributed by atoms with E-state index in [0.29, 0.717) is 0 Å². The first kappa shape index (κ1) is 28.0. The molecule has 12 heteroatoms. The van der Waals surface area contributed by atoms with Gasteiger partial charge in [-0.25, -0.2) is 19.2 Å². The Morgan fingerprint density at radius 3 is 0.829 bits per heavy atom. The molecule has 0 amide bonds. The highest BCUT2D eigenvalue weighted by molar-refractivity contribution is 5.89. The molecule has 0 aromatic heterocycles. The highest BCUT2D eigenvalue weighted by Gasteiger charge is 2.44. The number of hydrogen-bond acceptors (Lipinski definition) is 8. The van der Waals surface area contributed by atoms with Gasteiger partial charge in [0.05, 0.1) is 22.3 Å². The molecule has 0 spiro atoms. The third-order valence-corrected chi connectivity index (χ3v) is 5.30. The lowest BCUT2D eigenvalue weighted by Gasteiger charge is -2.32. The molecule has 0 aliphatic heterocycles. The van der Waals surface area contributed by atoms with Crippen LogP contribution in [0, 0.1) is 0 Å². The number of rotatable bonds is 12. The smallest absolute Gasteiger partial charge is 0.478 e. The summed E-state index contributed by atoms with van der Waals surface area (Å²) in [6, 6.07) is 20.6. The van der Waals surface area contributed by atoms with Crippen LogP contribution in [0.1, 0.15) is 41.4 Å². The van der Waals surface area contributed by atoms with Gasteiger partial charge < -0.3 is 39.4 Å². The van der Waals surface area contributed by atoms with Gasteiger partial charge in [-0.2, -0.15) is 0 Å². The zero-order valence-corrected chi connectivity index (χ0v) is 20.8. The molecule has 4 rings (SSSR count). The Morgan fingerprint density at radius 2 is 0.634 bits per heavy atom. The van der Waals surface area contributed by atoms with Gasteiger partial charge in [-0.1, -0.05) is 24.3 Å². The lowest BCUT2D eigenvalue weighted by molar-refractivity contribution is -0.367. The maximum absolute atomic E-state index is 11.6. The molecule has 12 nitrogen and oxygen atoms in total. The van der Waals surface area contributed by atoms with Crippen LogP contribution in [-0.2, 0) is 0 Å². The minimum absolute atomic E-state index is 0.150. The summed E-state index contributed by atoms with van der Waals surface area (Å²) in [4.78, 5) is 46.3. The summed E-state index contributed by atoms with van der Waals surface area (Å²) in [6.07, 6.45) is -2.73. The predicted octanol–water partition coefficient (Wildman–Crippen LogP) is 4.71. The van der Waals surface area contributed by atoms with E-state index in [9.17, 15) is 39.6 Å². The minimum Gasteiger partial charge on any atom is -0.478 e. The van der Waals surface area contributed by atoms with E-state index in [4.69, 9.17) is 18.9 Å². The van der Waals surface area contributed by atoms with Crippen LogP contribution >= 0.6 is 0 Å². The third kappa shape index (κ3) is 7.09. The summed E-state index contributed by atoms with van der Waals surface area (Å²) in [5.41, 5.74) is -0.704. The maximum Gasteiger partial charge on any atom is 0.611 e.